The molecule has 0 aliphatic heterocycles. The van der Waals surface area contributed by atoms with E-state index in [9.17, 15) is 18.4 Å². The fourth-order valence-electron chi connectivity index (χ4n) is 2.97. The van der Waals surface area contributed by atoms with Gasteiger partial charge < -0.3 is 15.5 Å². The smallest absolute Gasteiger partial charge is 0.332 e. The van der Waals surface area contributed by atoms with Gasteiger partial charge in [0.25, 0.3) is 5.91 Å². The molecule has 1 amide bonds. The van der Waals surface area contributed by atoms with Crippen LogP contribution in [0.5, 0.6) is 5.75 Å². The topological polar surface area (TPSA) is 116 Å². The Morgan fingerprint density at radius 2 is 1.90 bits per heavy atom. The van der Waals surface area contributed by atoms with E-state index in [1.807, 2.05) is 0 Å². The number of carbonyl (C=O) groups is 1. The Bertz CT molecular complexity index is 1330. The molecule has 146 valence electrons. The van der Waals surface area contributed by atoms with Crippen LogP contribution in [0, 0.1) is 11.6 Å². The summed E-state index contributed by atoms with van der Waals surface area (Å²) in [6.07, 6.45) is 0. The molecule has 4 rings (SSSR count). The number of halogens is 2. The van der Waals surface area contributed by atoms with Gasteiger partial charge in [0.05, 0.1) is 12.8 Å². The van der Waals surface area contributed by atoms with Crippen LogP contribution in [0.4, 0.5) is 8.78 Å². The van der Waals surface area contributed by atoms with E-state index in [1.54, 1.807) is 24.3 Å². The van der Waals surface area contributed by atoms with Gasteiger partial charge in [-0.25, -0.2) is 28.1 Å². The van der Waals surface area contributed by atoms with Crippen molar-refractivity contribution in [3.05, 3.63) is 70.3 Å². The van der Waals surface area contributed by atoms with Crippen LogP contribution in [-0.2, 0) is 0 Å². The number of benzene rings is 2. The van der Waals surface area contributed by atoms with Crippen molar-refractivity contribution < 1.29 is 18.3 Å². The number of amides is 1. The van der Waals surface area contributed by atoms with E-state index < -0.39 is 23.2 Å². The number of aromatic amines is 1. The minimum atomic E-state index is -1.11. The third kappa shape index (κ3) is 3.00. The number of nitrogens with zero attached hydrogens (tertiary/aromatic N) is 3. The summed E-state index contributed by atoms with van der Waals surface area (Å²) in [7, 11) is 1.44. The molecule has 0 saturated carbocycles. The van der Waals surface area contributed by atoms with Gasteiger partial charge >= 0.3 is 5.69 Å². The Labute approximate surface area is 161 Å². The van der Waals surface area contributed by atoms with Crippen LogP contribution in [0.2, 0.25) is 0 Å². The van der Waals surface area contributed by atoms with Crippen LogP contribution in [-0.4, -0.2) is 32.5 Å². The predicted molar refractivity (Wildman–Crippen MR) is 99.9 cm³/mol. The SMILES string of the molecule is COc1ccccc1-n1c(=O)[nH]c2c(C(N)=O)nc(-c3ccc(F)c(F)c3)nc21. The molecule has 0 atom stereocenters. The van der Waals surface area contributed by atoms with Crippen molar-refractivity contribution in [1.29, 1.82) is 0 Å². The molecule has 0 spiro atoms. The molecule has 8 nitrogen and oxygen atoms in total. The summed E-state index contributed by atoms with van der Waals surface area (Å²) in [4.78, 5) is 35.5. The molecule has 0 unspecified atom stereocenters. The van der Waals surface area contributed by atoms with Gasteiger partial charge in [0, 0.05) is 5.56 Å². The molecule has 2 heterocycles. The fraction of sp³-hybridized carbons (Fsp3) is 0.0526. The number of imidazole rings is 1. The third-order valence-corrected chi connectivity index (χ3v) is 4.27. The number of nitrogens with one attached hydrogen (secondary N) is 1. The number of ether oxygens (including phenoxy) is 1. The Balaban J connectivity index is 2.08. The Morgan fingerprint density at radius 3 is 2.59 bits per heavy atom. The molecule has 0 radical (unpaired) electrons. The number of para-hydroxylation sites is 2. The van der Waals surface area contributed by atoms with Crippen molar-refractivity contribution in [3.63, 3.8) is 0 Å². The molecule has 0 fully saturated rings. The second-order valence-electron chi connectivity index (χ2n) is 6.02. The standard InChI is InChI=1S/C19H13F2N5O3/c1-29-13-5-3-2-4-12(13)26-18-15(24-19(26)28)14(16(22)27)23-17(25-18)9-6-7-10(20)11(21)8-9/h2-8H,1H3,(H2,22,27)(H,24,28). The maximum absolute atomic E-state index is 13.7. The number of hydrogen-bond acceptors (Lipinski definition) is 5. The lowest BCUT2D eigenvalue weighted by Crippen LogP contribution is -2.16. The average Bonchev–Trinajstić information content (AvgIpc) is 3.04. The number of fused-ring (bicyclic) bond motifs is 1. The molecule has 0 aliphatic carbocycles. The summed E-state index contributed by atoms with van der Waals surface area (Å²) in [5, 5.41) is 0. The molecule has 0 saturated heterocycles. The van der Waals surface area contributed by atoms with E-state index in [0.29, 0.717) is 11.4 Å². The van der Waals surface area contributed by atoms with Gasteiger partial charge in [-0.3, -0.25) is 4.79 Å². The zero-order valence-corrected chi connectivity index (χ0v) is 14.9. The van der Waals surface area contributed by atoms with Crippen molar-refractivity contribution in [2.45, 2.75) is 0 Å². The van der Waals surface area contributed by atoms with Crippen molar-refractivity contribution in [2.24, 2.45) is 5.73 Å². The normalized spacial score (nSPS) is 11.0. The minimum absolute atomic E-state index is 0.0136. The Morgan fingerprint density at radius 1 is 1.14 bits per heavy atom. The van der Waals surface area contributed by atoms with Crippen molar-refractivity contribution in [3.8, 4) is 22.8 Å². The van der Waals surface area contributed by atoms with Gasteiger partial charge in [-0.15, -0.1) is 0 Å². The number of primary amides is 1. The number of carbonyl (C=O) groups excluding carboxylic acids is 1. The molecule has 29 heavy (non-hydrogen) atoms. The Hall–Kier alpha value is -4.08. The minimum Gasteiger partial charge on any atom is -0.495 e. The summed E-state index contributed by atoms with van der Waals surface area (Å²) in [6.45, 7) is 0. The Kier molecular flexibility index (Phi) is 4.30. The van der Waals surface area contributed by atoms with Crippen LogP contribution in [0.25, 0.3) is 28.2 Å². The van der Waals surface area contributed by atoms with Crippen LogP contribution >= 0.6 is 0 Å². The molecule has 0 aliphatic rings. The van der Waals surface area contributed by atoms with E-state index in [0.717, 1.165) is 12.1 Å². The lowest BCUT2D eigenvalue weighted by Gasteiger charge is -2.10. The average molecular weight is 397 g/mol. The zero-order valence-electron chi connectivity index (χ0n) is 14.9. The first kappa shape index (κ1) is 18.3. The molecule has 2 aromatic carbocycles. The lowest BCUT2D eigenvalue weighted by molar-refractivity contribution is 0.0997. The quantitative estimate of drug-likeness (QED) is 0.547. The fourth-order valence-corrected chi connectivity index (χ4v) is 2.97. The van der Waals surface area contributed by atoms with E-state index in [4.69, 9.17) is 10.5 Å². The number of rotatable bonds is 4. The van der Waals surface area contributed by atoms with Crippen molar-refractivity contribution >= 4 is 17.1 Å². The van der Waals surface area contributed by atoms with E-state index in [1.165, 1.54) is 17.7 Å². The molecule has 10 heteroatoms. The number of methoxy groups -OCH3 is 1. The number of aromatic nitrogens is 4. The number of H-pyrrole nitrogens is 1. The lowest BCUT2D eigenvalue weighted by atomic mass is 10.2. The monoisotopic (exact) mass is 397 g/mol. The molecule has 4 aromatic rings. The first-order valence-corrected chi connectivity index (χ1v) is 8.32. The summed E-state index contributed by atoms with van der Waals surface area (Å²) in [5.74, 6) is -2.80. The summed E-state index contributed by atoms with van der Waals surface area (Å²) in [5.41, 5.74) is 5.05. The zero-order chi connectivity index (χ0) is 20.7. The molecule has 2 aromatic heterocycles. The highest BCUT2D eigenvalue weighted by molar-refractivity contribution is 6.02. The molecular formula is C19H13F2N5O3. The number of nitrogens with two attached hydrogens (primary N) is 1. The van der Waals surface area contributed by atoms with Crippen LogP contribution in [0.3, 0.4) is 0 Å². The highest BCUT2D eigenvalue weighted by Gasteiger charge is 2.22. The van der Waals surface area contributed by atoms with Gasteiger partial charge in [-0.2, -0.15) is 0 Å². The van der Waals surface area contributed by atoms with Gasteiger partial charge in [-0.1, -0.05) is 12.1 Å². The third-order valence-electron chi connectivity index (χ3n) is 4.27. The van der Waals surface area contributed by atoms with Crippen molar-refractivity contribution in [2.75, 3.05) is 7.11 Å². The predicted octanol–water partition coefficient (Wildman–Crippen LogP) is 2.16. The summed E-state index contributed by atoms with van der Waals surface area (Å²) >= 11 is 0. The maximum atomic E-state index is 13.7. The van der Waals surface area contributed by atoms with E-state index in [-0.39, 0.29) is 28.2 Å². The first-order valence-electron chi connectivity index (χ1n) is 8.32. The van der Waals surface area contributed by atoms with Crippen molar-refractivity contribution in [1.82, 2.24) is 19.5 Å². The van der Waals surface area contributed by atoms with Gasteiger partial charge in [0.1, 0.15) is 11.3 Å². The highest BCUT2D eigenvalue weighted by Crippen LogP contribution is 2.26. The van der Waals surface area contributed by atoms with E-state index in [2.05, 4.69) is 15.0 Å². The van der Waals surface area contributed by atoms with Gasteiger partial charge in [0.15, 0.2) is 28.8 Å². The molecular weight excluding hydrogens is 384 g/mol. The van der Waals surface area contributed by atoms with Crippen LogP contribution in [0.15, 0.2) is 47.3 Å². The largest absolute Gasteiger partial charge is 0.495 e. The summed E-state index contributed by atoms with van der Waals surface area (Å²) < 4.78 is 33.5. The molecule has 3 N–H and O–H groups in total. The second kappa shape index (κ2) is 6.82. The summed E-state index contributed by atoms with van der Waals surface area (Å²) in [6, 6.07) is 9.73. The second-order valence-corrected chi connectivity index (χ2v) is 6.02. The van der Waals surface area contributed by atoms with Crippen LogP contribution < -0.4 is 16.2 Å². The van der Waals surface area contributed by atoms with Gasteiger partial charge in [-0.05, 0) is 30.3 Å². The first-order chi connectivity index (χ1) is 13.9. The maximum Gasteiger partial charge on any atom is 0.332 e. The number of hydrogen-bond donors (Lipinski definition) is 2. The molecule has 0 bridgehead atoms. The van der Waals surface area contributed by atoms with Gasteiger partial charge in [0.2, 0.25) is 0 Å². The van der Waals surface area contributed by atoms with E-state index >= 15 is 0 Å². The highest BCUT2D eigenvalue weighted by atomic mass is 19.2. The van der Waals surface area contributed by atoms with Crippen LogP contribution in [0.1, 0.15) is 10.5 Å².